The number of likely N-dealkylation sites (tertiary alicyclic amines) is 1. The van der Waals surface area contributed by atoms with Crippen LogP contribution in [0.5, 0.6) is 0 Å². The van der Waals surface area contributed by atoms with Gasteiger partial charge in [-0.25, -0.2) is 0 Å². The summed E-state index contributed by atoms with van der Waals surface area (Å²) >= 11 is 0. The average molecular weight is 293 g/mol. The molecule has 2 rings (SSSR count). The third kappa shape index (κ3) is 3.84. The summed E-state index contributed by atoms with van der Waals surface area (Å²) < 4.78 is 7.28. The van der Waals surface area contributed by atoms with E-state index >= 15 is 0 Å². The molecule has 0 N–H and O–H groups in total. The lowest BCUT2D eigenvalue weighted by Gasteiger charge is -2.33. The molecule has 0 saturated carbocycles. The predicted molar refractivity (Wildman–Crippen MR) is 82.0 cm³/mol. The Morgan fingerprint density at radius 2 is 2.19 bits per heavy atom. The minimum atomic E-state index is -0.0935. The van der Waals surface area contributed by atoms with Crippen molar-refractivity contribution in [2.24, 2.45) is 0 Å². The highest BCUT2D eigenvalue weighted by Crippen LogP contribution is 2.21. The Morgan fingerprint density at radius 1 is 1.38 bits per heavy atom. The first kappa shape index (κ1) is 16.0. The number of nitrogens with zero attached hydrogens (tertiary/aromatic N) is 3. The van der Waals surface area contributed by atoms with Crippen molar-refractivity contribution in [2.45, 2.75) is 65.6 Å². The zero-order chi connectivity index (χ0) is 15.2. The molecule has 2 heterocycles. The number of carbonyl (C=O) groups is 1. The molecule has 0 aromatic carbocycles. The van der Waals surface area contributed by atoms with Crippen LogP contribution in [-0.4, -0.2) is 39.8 Å². The summed E-state index contributed by atoms with van der Waals surface area (Å²) in [6.07, 6.45) is 4.10. The molecule has 1 aromatic rings. The molecular formula is C16H27N3O2. The van der Waals surface area contributed by atoms with E-state index in [2.05, 4.69) is 34.6 Å². The number of carbonyl (C=O) groups excluding carboxylic acids is 1. The minimum Gasteiger partial charge on any atom is -0.465 e. The van der Waals surface area contributed by atoms with Crippen LogP contribution in [0.15, 0.2) is 6.07 Å². The maximum atomic E-state index is 12.1. The lowest BCUT2D eigenvalue weighted by molar-refractivity contribution is -0.151. The quantitative estimate of drug-likeness (QED) is 0.756. The van der Waals surface area contributed by atoms with Gasteiger partial charge in [0.05, 0.1) is 18.0 Å². The molecule has 118 valence electrons. The first-order valence-corrected chi connectivity index (χ1v) is 8.15. The molecule has 0 spiro atoms. The van der Waals surface area contributed by atoms with Crippen molar-refractivity contribution < 1.29 is 9.53 Å². The van der Waals surface area contributed by atoms with Gasteiger partial charge in [-0.2, -0.15) is 5.10 Å². The Hall–Kier alpha value is -1.36. The first-order chi connectivity index (χ1) is 10.2. The van der Waals surface area contributed by atoms with Gasteiger partial charge in [-0.15, -0.1) is 0 Å². The van der Waals surface area contributed by atoms with E-state index in [1.165, 1.54) is 5.69 Å². The van der Waals surface area contributed by atoms with Gasteiger partial charge in [0.2, 0.25) is 0 Å². The summed E-state index contributed by atoms with van der Waals surface area (Å²) in [4.78, 5) is 14.4. The number of hydrogen-bond donors (Lipinski definition) is 0. The average Bonchev–Trinajstić information content (AvgIpc) is 2.90. The van der Waals surface area contributed by atoms with Crippen LogP contribution in [0.25, 0.3) is 0 Å². The lowest BCUT2D eigenvalue weighted by Crippen LogP contribution is -2.45. The normalized spacial score (nSPS) is 19.7. The molecule has 0 amide bonds. The van der Waals surface area contributed by atoms with Crippen LogP contribution in [0.2, 0.25) is 0 Å². The van der Waals surface area contributed by atoms with Gasteiger partial charge in [-0.1, -0.05) is 13.3 Å². The van der Waals surface area contributed by atoms with E-state index in [0.717, 1.165) is 51.0 Å². The van der Waals surface area contributed by atoms with E-state index in [9.17, 15) is 4.79 Å². The molecule has 1 fully saturated rings. The summed E-state index contributed by atoms with van der Waals surface area (Å²) in [6, 6.07) is 2.07. The fourth-order valence-electron chi connectivity index (χ4n) is 2.98. The van der Waals surface area contributed by atoms with Gasteiger partial charge >= 0.3 is 5.97 Å². The summed E-state index contributed by atoms with van der Waals surface area (Å²) in [5, 5.41) is 4.59. The van der Waals surface area contributed by atoms with Gasteiger partial charge in [0.25, 0.3) is 0 Å². The SMILES string of the molecule is CCOC(=O)C1CCCCN1Cc1cc(CC)nn1CC. The van der Waals surface area contributed by atoms with E-state index in [4.69, 9.17) is 4.74 Å². The monoisotopic (exact) mass is 293 g/mol. The number of aromatic nitrogens is 2. The van der Waals surface area contributed by atoms with Crippen molar-refractivity contribution in [3.63, 3.8) is 0 Å². The number of rotatable bonds is 6. The van der Waals surface area contributed by atoms with Crippen molar-refractivity contribution in [3.8, 4) is 0 Å². The number of hydrogen-bond acceptors (Lipinski definition) is 4. The van der Waals surface area contributed by atoms with Crippen LogP contribution in [0.1, 0.15) is 51.4 Å². The highest BCUT2D eigenvalue weighted by Gasteiger charge is 2.30. The van der Waals surface area contributed by atoms with Gasteiger partial charge in [-0.3, -0.25) is 14.4 Å². The highest BCUT2D eigenvalue weighted by atomic mass is 16.5. The second-order valence-electron chi connectivity index (χ2n) is 5.53. The molecule has 1 saturated heterocycles. The summed E-state index contributed by atoms with van der Waals surface area (Å²) in [7, 11) is 0. The van der Waals surface area contributed by atoms with Crippen LogP contribution in [0.4, 0.5) is 0 Å². The zero-order valence-electron chi connectivity index (χ0n) is 13.5. The Morgan fingerprint density at radius 3 is 2.86 bits per heavy atom. The third-order valence-electron chi connectivity index (χ3n) is 4.11. The van der Waals surface area contributed by atoms with Gasteiger partial charge in [-0.05, 0) is 45.7 Å². The Labute approximate surface area is 127 Å². The molecule has 0 radical (unpaired) electrons. The maximum absolute atomic E-state index is 12.1. The first-order valence-electron chi connectivity index (χ1n) is 8.15. The predicted octanol–water partition coefficient (Wildman–Crippen LogP) is 2.38. The molecule has 21 heavy (non-hydrogen) atoms. The van der Waals surface area contributed by atoms with Crippen molar-refractivity contribution in [1.29, 1.82) is 0 Å². The molecule has 1 aliphatic rings. The van der Waals surface area contributed by atoms with Gasteiger partial charge in [0.15, 0.2) is 0 Å². The van der Waals surface area contributed by atoms with Crippen LogP contribution in [0, 0.1) is 0 Å². The molecule has 1 unspecified atom stereocenters. The Balaban J connectivity index is 2.11. The lowest BCUT2D eigenvalue weighted by atomic mass is 10.0. The van der Waals surface area contributed by atoms with Gasteiger partial charge in [0, 0.05) is 13.1 Å². The molecule has 1 aliphatic heterocycles. The van der Waals surface area contributed by atoms with E-state index < -0.39 is 0 Å². The smallest absolute Gasteiger partial charge is 0.323 e. The molecule has 1 aromatic heterocycles. The van der Waals surface area contributed by atoms with Gasteiger partial charge in [0.1, 0.15) is 6.04 Å². The van der Waals surface area contributed by atoms with Crippen LogP contribution < -0.4 is 0 Å². The number of ether oxygens (including phenoxy) is 1. The fourth-order valence-corrected chi connectivity index (χ4v) is 2.98. The number of esters is 1. The van der Waals surface area contributed by atoms with Crippen LogP contribution in [-0.2, 0) is 29.0 Å². The van der Waals surface area contributed by atoms with E-state index in [1.807, 2.05) is 6.92 Å². The second-order valence-corrected chi connectivity index (χ2v) is 5.53. The van der Waals surface area contributed by atoms with Crippen molar-refractivity contribution in [2.75, 3.05) is 13.2 Å². The summed E-state index contributed by atoms with van der Waals surface area (Å²) in [5.74, 6) is -0.0736. The van der Waals surface area contributed by atoms with E-state index in [-0.39, 0.29) is 12.0 Å². The zero-order valence-corrected chi connectivity index (χ0v) is 13.5. The highest BCUT2D eigenvalue weighted by molar-refractivity contribution is 5.75. The topological polar surface area (TPSA) is 47.4 Å². The minimum absolute atomic E-state index is 0.0736. The van der Waals surface area contributed by atoms with Gasteiger partial charge < -0.3 is 4.74 Å². The summed E-state index contributed by atoms with van der Waals surface area (Å²) in [6.45, 7) is 9.15. The van der Waals surface area contributed by atoms with E-state index in [1.54, 1.807) is 0 Å². The Kier molecular flexibility index (Phi) is 5.79. The standard InChI is InChI=1S/C16H27N3O2/c1-4-13-11-14(19(5-2)17-13)12-18-10-8-7-9-15(18)16(20)21-6-3/h11,15H,4-10,12H2,1-3H3. The van der Waals surface area contributed by atoms with Crippen molar-refractivity contribution in [3.05, 3.63) is 17.5 Å². The molecule has 0 bridgehead atoms. The maximum Gasteiger partial charge on any atom is 0.323 e. The second kappa shape index (κ2) is 7.59. The number of aryl methyl sites for hydroxylation is 2. The number of piperidine rings is 1. The fraction of sp³-hybridized carbons (Fsp3) is 0.750. The van der Waals surface area contributed by atoms with E-state index in [0.29, 0.717) is 6.61 Å². The summed E-state index contributed by atoms with van der Waals surface area (Å²) in [5.41, 5.74) is 2.32. The largest absolute Gasteiger partial charge is 0.465 e. The molecule has 5 heteroatoms. The third-order valence-corrected chi connectivity index (χ3v) is 4.11. The molecule has 0 aliphatic carbocycles. The molecular weight excluding hydrogens is 266 g/mol. The van der Waals surface area contributed by atoms with Crippen LogP contribution >= 0.6 is 0 Å². The van der Waals surface area contributed by atoms with Crippen molar-refractivity contribution in [1.82, 2.24) is 14.7 Å². The van der Waals surface area contributed by atoms with Crippen LogP contribution in [0.3, 0.4) is 0 Å². The molecule has 5 nitrogen and oxygen atoms in total. The van der Waals surface area contributed by atoms with Crippen molar-refractivity contribution >= 4 is 5.97 Å². The molecule has 1 atom stereocenters. The Bertz CT molecular complexity index is 470.